The molecule has 0 amide bonds. The average molecular weight is 276 g/mol. The van der Waals surface area contributed by atoms with Crippen LogP contribution in [-0.2, 0) is 12.8 Å². The van der Waals surface area contributed by atoms with Crippen molar-refractivity contribution in [3.63, 3.8) is 0 Å². The lowest BCUT2D eigenvalue weighted by atomic mass is 10.1. The van der Waals surface area contributed by atoms with Crippen LogP contribution in [0, 0.1) is 0 Å². The molecule has 3 rings (SSSR count). The number of nitrogens with one attached hydrogen (secondary N) is 1. The minimum Gasteiger partial charge on any atom is -0.308 e. The molecule has 0 atom stereocenters. The molecule has 4 nitrogen and oxygen atoms in total. The van der Waals surface area contributed by atoms with Crippen LogP contribution >= 0.6 is 0 Å². The van der Waals surface area contributed by atoms with Gasteiger partial charge in [-0.05, 0) is 19.3 Å². The van der Waals surface area contributed by atoms with Gasteiger partial charge in [-0.2, -0.15) is 0 Å². The number of hydrogen-bond donors (Lipinski definition) is 2. The molecule has 0 saturated heterocycles. The van der Waals surface area contributed by atoms with E-state index in [1.807, 2.05) is 0 Å². The number of nitrogens with two attached hydrogens (primary N) is 1. The molecule has 0 radical (unpaired) electrons. The van der Waals surface area contributed by atoms with Crippen LogP contribution in [0.3, 0.4) is 0 Å². The van der Waals surface area contributed by atoms with Crippen molar-refractivity contribution < 1.29 is 8.78 Å². The van der Waals surface area contributed by atoms with Crippen LogP contribution in [0.2, 0.25) is 0 Å². The van der Waals surface area contributed by atoms with Gasteiger partial charge in [0.05, 0.1) is 0 Å². The number of hydrogen-bond acceptors (Lipinski definition) is 4. The molecule has 1 aliphatic rings. The standard InChI is InChI=1S/C14H14F2N4/c15-12(16)8-4-6-9(7-5-8)13-18-11-3-1-2-10(11)14(19-13)20-17/h4-7,12H,1-3,17H2,(H,18,19,20). The molecule has 104 valence electrons. The molecule has 2 aromatic rings. The predicted molar refractivity (Wildman–Crippen MR) is 72.3 cm³/mol. The highest BCUT2D eigenvalue weighted by molar-refractivity contribution is 5.60. The summed E-state index contributed by atoms with van der Waals surface area (Å²) in [5.41, 5.74) is 5.34. The topological polar surface area (TPSA) is 63.8 Å². The number of anilines is 1. The highest BCUT2D eigenvalue weighted by Gasteiger charge is 2.19. The number of halogens is 2. The summed E-state index contributed by atoms with van der Waals surface area (Å²) < 4.78 is 25.1. The van der Waals surface area contributed by atoms with Gasteiger partial charge in [-0.25, -0.2) is 24.6 Å². The fourth-order valence-electron chi connectivity index (χ4n) is 2.46. The van der Waals surface area contributed by atoms with Crippen LogP contribution in [0.4, 0.5) is 14.6 Å². The maximum absolute atomic E-state index is 12.5. The molecule has 0 saturated carbocycles. The van der Waals surface area contributed by atoms with Crippen molar-refractivity contribution in [2.24, 2.45) is 5.84 Å². The maximum atomic E-state index is 12.5. The Bertz CT molecular complexity index is 626. The molecule has 0 unspecified atom stereocenters. The van der Waals surface area contributed by atoms with E-state index >= 15 is 0 Å². The van der Waals surface area contributed by atoms with Crippen molar-refractivity contribution in [1.82, 2.24) is 9.97 Å². The summed E-state index contributed by atoms with van der Waals surface area (Å²) in [4.78, 5) is 8.89. The number of fused-ring (bicyclic) bond motifs is 1. The lowest BCUT2D eigenvalue weighted by Gasteiger charge is -2.09. The van der Waals surface area contributed by atoms with Gasteiger partial charge in [-0.15, -0.1) is 0 Å². The second-order valence-corrected chi connectivity index (χ2v) is 4.74. The van der Waals surface area contributed by atoms with Gasteiger partial charge in [0.1, 0.15) is 5.82 Å². The third-order valence-corrected chi connectivity index (χ3v) is 3.49. The van der Waals surface area contributed by atoms with Gasteiger partial charge in [0.2, 0.25) is 0 Å². The minimum atomic E-state index is -2.47. The third kappa shape index (κ3) is 2.22. The number of alkyl halides is 2. The van der Waals surface area contributed by atoms with Crippen LogP contribution in [-0.4, -0.2) is 9.97 Å². The number of nitrogen functional groups attached to an aromatic ring is 1. The van der Waals surface area contributed by atoms with Crippen molar-refractivity contribution in [3.8, 4) is 11.4 Å². The molecule has 1 aromatic carbocycles. The molecule has 1 aliphatic carbocycles. The van der Waals surface area contributed by atoms with E-state index in [9.17, 15) is 8.78 Å². The summed E-state index contributed by atoms with van der Waals surface area (Å²) in [6.45, 7) is 0. The van der Waals surface area contributed by atoms with E-state index in [2.05, 4.69) is 15.4 Å². The molecule has 0 bridgehead atoms. The Kier molecular flexibility index (Phi) is 3.31. The quantitative estimate of drug-likeness (QED) is 0.668. The van der Waals surface area contributed by atoms with Crippen molar-refractivity contribution in [2.75, 3.05) is 5.43 Å². The number of aromatic nitrogens is 2. The first-order valence-corrected chi connectivity index (χ1v) is 6.44. The van der Waals surface area contributed by atoms with E-state index in [1.165, 1.54) is 12.1 Å². The Hall–Kier alpha value is -2.08. The zero-order valence-electron chi connectivity index (χ0n) is 10.7. The van der Waals surface area contributed by atoms with Crippen molar-refractivity contribution in [3.05, 3.63) is 41.1 Å². The predicted octanol–water partition coefficient (Wildman–Crippen LogP) is 2.86. The molecule has 0 spiro atoms. The van der Waals surface area contributed by atoms with Gasteiger partial charge in [0, 0.05) is 22.4 Å². The number of hydrazine groups is 1. The smallest absolute Gasteiger partial charge is 0.263 e. The summed E-state index contributed by atoms with van der Waals surface area (Å²) in [7, 11) is 0. The van der Waals surface area contributed by atoms with Crippen LogP contribution in [0.15, 0.2) is 24.3 Å². The second kappa shape index (κ2) is 5.13. The average Bonchev–Trinajstić information content (AvgIpc) is 2.94. The minimum absolute atomic E-state index is 0.00733. The van der Waals surface area contributed by atoms with Gasteiger partial charge in [0.25, 0.3) is 6.43 Å². The Labute approximate surface area is 115 Å². The SMILES string of the molecule is NNc1nc(-c2ccc(C(F)F)cc2)nc2c1CCC2. The zero-order valence-corrected chi connectivity index (χ0v) is 10.7. The van der Waals surface area contributed by atoms with Gasteiger partial charge in [-0.1, -0.05) is 24.3 Å². The van der Waals surface area contributed by atoms with E-state index in [0.29, 0.717) is 17.2 Å². The van der Waals surface area contributed by atoms with E-state index in [4.69, 9.17) is 5.84 Å². The largest absolute Gasteiger partial charge is 0.308 e. The van der Waals surface area contributed by atoms with Gasteiger partial charge in [0.15, 0.2) is 5.82 Å². The van der Waals surface area contributed by atoms with Crippen LogP contribution in [0.25, 0.3) is 11.4 Å². The first kappa shape index (κ1) is 12.9. The molecule has 6 heteroatoms. The summed E-state index contributed by atoms with van der Waals surface area (Å²) in [5, 5.41) is 0. The number of rotatable bonds is 3. The molecule has 0 fully saturated rings. The fourth-order valence-corrected chi connectivity index (χ4v) is 2.46. The maximum Gasteiger partial charge on any atom is 0.263 e. The highest BCUT2D eigenvalue weighted by atomic mass is 19.3. The van der Waals surface area contributed by atoms with E-state index < -0.39 is 6.43 Å². The molecule has 1 heterocycles. The molecule has 20 heavy (non-hydrogen) atoms. The second-order valence-electron chi connectivity index (χ2n) is 4.74. The van der Waals surface area contributed by atoms with E-state index in [1.54, 1.807) is 12.1 Å². The van der Waals surface area contributed by atoms with Crippen molar-refractivity contribution in [2.45, 2.75) is 25.7 Å². The zero-order chi connectivity index (χ0) is 14.1. The summed E-state index contributed by atoms with van der Waals surface area (Å²) >= 11 is 0. The number of aryl methyl sites for hydroxylation is 1. The molecule has 3 N–H and O–H groups in total. The van der Waals surface area contributed by atoms with Crippen molar-refractivity contribution >= 4 is 5.82 Å². The van der Waals surface area contributed by atoms with Gasteiger partial charge in [-0.3, -0.25) is 0 Å². The Morgan fingerprint density at radius 1 is 1.10 bits per heavy atom. The molecular formula is C14H14F2N4. The van der Waals surface area contributed by atoms with Crippen LogP contribution < -0.4 is 11.3 Å². The first-order chi connectivity index (χ1) is 9.69. The lowest BCUT2D eigenvalue weighted by Crippen LogP contribution is -2.12. The summed E-state index contributed by atoms with van der Waals surface area (Å²) in [6, 6.07) is 6.01. The Balaban J connectivity index is 2.02. The Morgan fingerprint density at radius 3 is 2.50 bits per heavy atom. The number of nitrogens with zero attached hydrogens (tertiary/aromatic N) is 2. The fraction of sp³-hybridized carbons (Fsp3) is 0.286. The normalized spacial score (nSPS) is 13.6. The molecule has 0 aliphatic heterocycles. The van der Waals surface area contributed by atoms with Crippen molar-refractivity contribution in [1.29, 1.82) is 0 Å². The Morgan fingerprint density at radius 2 is 1.85 bits per heavy atom. The van der Waals surface area contributed by atoms with Crippen LogP contribution in [0.1, 0.15) is 29.7 Å². The summed E-state index contributed by atoms with van der Waals surface area (Å²) in [5.74, 6) is 6.63. The third-order valence-electron chi connectivity index (χ3n) is 3.49. The van der Waals surface area contributed by atoms with Crippen LogP contribution in [0.5, 0.6) is 0 Å². The monoisotopic (exact) mass is 276 g/mol. The molecule has 1 aromatic heterocycles. The lowest BCUT2D eigenvalue weighted by molar-refractivity contribution is 0.151. The van der Waals surface area contributed by atoms with Gasteiger partial charge < -0.3 is 5.43 Å². The molecular weight excluding hydrogens is 262 g/mol. The number of benzene rings is 1. The highest BCUT2D eigenvalue weighted by Crippen LogP contribution is 2.29. The van der Waals surface area contributed by atoms with E-state index in [-0.39, 0.29) is 5.56 Å². The summed E-state index contributed by atoms with van der Waals surface area (Å²) in [6.07, 6.45) is 0.381. The van der Waals surface area contributed by atoms with E-state index in [0.717, 1.165) is 30.5 Å². The van der Waals surface area contributed by atoms with Gasteiger partial charge >= 0.3 is 0 Å². The first-order valence-electron chi connectivity index (χ1n) is 6.44.